The van der Waals surface area contributed by atoms with Gasteiger partial charge in [0, 0.05) is 14.1 Å². The lowest BCUT2D eigenvalue weighted by Crippen LogP contribution is -2.26. The lowest BCUT2D eigenvalue weighted by Gasteiger charge is -2.18. The molecule has 1 heterocycles. The van der Waals surface area contributed by atoms with Crippen LogP contribution in [0.2, 0.25) is 0 Å². The van der Waals surface area contributed by atoms with Crippen molar-refractivity contribution in [2.24, 2.45) is 19.5 Å². The summed E-state index contributed by atoms with van der Waals surface area (Å²) in [5, 5.41) is 0. The first-order valence-electron chi connectivity index (χ1n) is 8.01. The molecule has 0 unspecified atom stereocenters. The van der Waals surface area contributed by atoms with Gasteiger partial charge in [0.1, 0.15) is 5.56 Å². The Kier molecular flexibility index (Phi) is 4.48. The third kappa shape index (κ3) is 3.03. The van der Waals surface area contributed by atoms with Crippen molar-refractivity contribution in [3.63, 3.8) is 0 Å². The van der Waals surface area contributed by atoms with Crippen LogP contribution < -0.4 is 10.3 Å². The van der Waals surface area contributed by atoms with Crippen LogP contribution in [0.3, 0.4) is 0 Å². The zero-order chi connectivity index (χ0) is 18.4. The minimum absolute atomic E-state index is 0.177. The zero-order valence-corrected chi connectivity index (χ0v) is 15.8. The molecular weight excluding hydrogens is 304 g/mol. The third-order valence-electron chi connectivity index (χ3n) is 4.19. The molecule has 2 rings (SSSR count). The molecule has 0 saturated heterocycles. The van der Waals surface area contributed by atoms with Crippen molar-refractivity contribution in [3.8, 4) is 17.0 Å². The second-order valence-electron chi connectivity index (χ2n) is 7.45. The van der Waals surface area contributed by atoms with Crippen LogP contribution >= 0.6 is 0 Å². The molecule has 0 aliphatic heterocycles. The number of benzene rings is 1. The van der Waals surface area contributed by atoms with E-state index in [-0.39, 0.29) is 17.4 Å². The molecular formula is C19H26N2O3. The largest absolute Gasteiger partial charge is 0.407 e. The van der Waals surface area contributed by atoms with E-state index >= 15 is 0 Å². The van der Waals surface area contributed by atoms with Gasteiger partial charge in [-0.1, -0.05) is 17.7 Å². The number of carbonyl (C=O) groups excluding carboxylic acids is 1. The van der Waals surface area contributed by atoms with E-state index in [1.165, 1.54) is 4.68 Å². The van der Waals surface area contributed by atoms with E-state index < -0.39 is 5.41 Å². The SMILES string of the molecule is Cc1cc(C)c(-c2c(OC(=O)C(C)(C)C)n(C)n(C)c2=O)c(C)c1. The smallest absolute Gasteiger partial charge is 0.317 e. The van der Waals surface area contributed by atoms with Gasteiger partial charge in [0.2, 0.25) is 5.88 Å². The Labute approximate surface area is 142 Å². The van der Waals surface area contributed by atoms with Gasteiger partial charge in [0.05, 0.1) is 5.41 Å². The summed E-state index contributed by atoms with van der Waals surface area (Å²) in [6.07, 6.45) is 0. The highest BCUT2D eigenvalue weighted by atomic mass is 16.5. The molecule has 0 atom stereocenters. The van der Waals surface area contributed by atoms with Crippen molar-refractivity contribution in [1.82, 2.24) is 9.36 Å². The summed E-state index contributed by atoms with van der Waals surface area (Å²) in [4.78, 5) is 25.1. The second-order valence-corrected chi connectivity index (χ2v) is 7.45. The Morgan fingerprint density at radius 3 is 1.92 bits per heavy atom. The topological polar surface area (TPSA) is 53.2 Å². The van der Waals surface area contributed by atoms with Crippen molar-refractivity contribution >= 4 is 5.97 Å². The summed E-state index contributed by atoms with van der Waals surface area (Å²) in [6.45, 7) is 11.3. The minimum Gasteiger partial charge on any atom is -0.407 e. The van der Waals surface area contributed by atoms with E-state index in [9.17, 15) is 9.59 Å². The van der Waals surface area contributed by atoms with Gasteiger partial charge in [0.15, 0.2) is 0 Å². The van der Waals surface area contributed by atoms with Crippen LogP contribution in [0.15, 0.2) is 16.9 Å². The third-order valence-corrected chi connectivity index (χ3v) is 4.19. The number of hydrogen-bond donors (Lipinski definition) is 0. The first kappa shape index (κ1) is 18.0. The first-order valence-corrected chi connectivity index (χ1v) is 8.01. The van der Waals surface area contributed by atoms with Gasteiger partial charge in [-0.3, -0.25) is 19.0 Å². The molecule has 130 valence electrons. The van der Waals surface area contributed by atoms with Gasteiger partial charge in [-0.25, -0.2) is 0 Å². The van der Waals surface area contributed by atoms with Gasteiger partial charge in [-0.2, -0.15) is 0 Å². The van der Waals surface area contributed by atoms with Crippen LogP contribution in [0.25, 0.3) is 11.1 Å². The lowest BCUT2D eigenvalue weighted by atomic mass is 9.95. The number of aryl methyl sites for hydroxylation is 3. The van der Waals surface area contributed by atoms with Crippen molar-refractivity contribution < 1.29 is 9.53 Å². The zero-order valence-electron chi connectivity index (χ0n) is 15.8. The Hall–Kier alpha value is -2.30. The molecule has 1 aromatic heterocycles. The van der Waals surface area contributed by atoms with Gasteiger partial charge in [0.25, 0.3) is 5.56 Å². The molecule has 0 N–H and O–H groups in total. The summed E-state index contributed by atoms with van der Waals surface area (Å²) in [5.74, 6) is -0.0788. The van der Waals surface area contributed by atoms with Crippen molar-refractivity contribution in [3.05, 3.63) is 39.2 Å². The van der Waals surface area contributed by atoms with Crippen molar-refractivity contribution in [1.29, 1.82) is 0 Å². The standard InChI is InChI=1S/C19H26N2O3/c1-11-9-12(2)14(13(3)10-11)15-16(22)20(7)21(8)17(15)24-18(23)19(4,5)6/h9-10H,1-8H3. The van der Waals surface area contributed by atoms with E-state index in [0.29, 0.717) is 5.56 Å². The Bertz CT molecular complexity index is 841. The number of hydrogen-bond acceptors (Lipinski definition) is 3. The molecule has 0 amide bonds. The molecule has 2 aromatic rings. The van der Waals surface area contributed by atoms with Crippen LogP contribution in [0.1, 0.15) is 37.5 Å². The highest BCUT2D eigenvalue weighted by molar-refractivity contribution is 5.82. The molecule has 5 heteroatoms. The van der Waals surface area contributed by atoms with Crippen LogP contribution in [0, 0.1) is 26.2 Å². The fourth-order valence-corrected chi connectivity index (χ4v) is 2.83. The average Bonchev–Trinajstić information content (AvgIpc) is 2.63. The summed E-state index contributed by atoms with van der Waals surface area (Å²) in [6, 6.07) is 4.06. The Morgan fingerprint density at radius 1 is 0.958 bits per heavy atom. The van der Waals surface area contributed by atoms with Crippen LogP contribution in [0.5, 0.6) is 5.88 Å². The monoisotopic (exact) mass is 330 g/mol. The molecule has 1 aromatic carbocycles. The molecule has 0 saturated carbocycles. The summed E-state index contributed by atoms with van der Waals surface area (Å²) in [7, 11) is 3.38. The van der Waals surface area contributed by atoms with Gasteiger partial charge < -0.3 is 4.74 Å². The number of aromatic nitrogens is 2. The molecule has 0 bridgehead atoms. The maximum absolute atomic E-state index is 12.8. The molecule has 0 fully saturated rings. The number of esters is 1. The highest BCUT2D eigenvalue weighted by Crippen LogP contribution is 2.34. The fraction of sp³-hybridized carbons (Fsp3) is 0.474. The first-order chi connectivity index (χ1) is 10.9. The van der Waals surface area contributed by atoms with Gasteiger partial charge >= 0.3 is 5.97 Å². The van der Waals surface area contributed by atoms with E-state index in [2.05, 4.69) is 0 Å². The molecule has 0 aliphatic carbocycles. The molecule has 24 heavy (non-hydrogen) atoms. The maximum Gasteiger partial charge on any atom is 0.317 e. The van der Waals surface area contributed by atoms with Gasteiger partial charge in [-0.05, 0) is 58.2 Å². The maximum atomic E-state index is 12.8. The Balaban J connectivity index is 2.75. The number of rotatable bonds is 2. The predicted octanol–water partition coefficient (Wildman–Crippen LogP) is 3.27. The number of carbonyl (C=O) groups is 1. The van der Waals surface area contributed by atoms with E-state index in [1.807, 2.05) is 32.9 Å². The average molecular weight is 330 g/mol. The second kappa shape index (κ2) is 5.96. The predicted molar refractivity (Wildman–Crippen MR) is 95.4 cm³/mol. The summed E-state index contributed by atoms with van der Waals surface area (Å²) >= 11 is 0. The van der Waals surface area contributed by atoms with Crippen LogP contribution in [-0.4, -0.2) is 15.3 Å². The van der Waals surface area contributed by atoms with Gasteiger partial charge in [-0.15, -0.1) is 0 Å². The lowest BCUT2D eigenvalue weighted by molar-refractivity contribution is -0.143. The summed E-state index contributed by atoms with van der Waals surface area (Å²) < 4.78 is 8.68. The van der Waals surface area contributed by atoms with E-state index in [4.69, 9.17) is 4.74 Å². The normalized spacial score (nSPS) is 11.7. The van der Waals surface area contributed by atoms with Crippen LogP contribution in [-0.2, 0) is 18.9 Å². The molecule has 0 aliphatic rings. The molecule has 5 nitrogen and oxygen atoms in total. The van der Waals surface area contributed by atoms with Crippen molar-refractivity contribution in [2.75, 3.05) is 0 Å². The quantitative estimate of drug-likeness (QED) is 0.794. The summed E-state index contributed by atoms with van der Waals surface area (Å²) in [5.41, 5.74) is 3.55. The molecule has 0 radical (unpaired) electrons. The highest BCUT2D eigenvalue weighted by Gasteiger charge is 2.29. The molecule has 0 spiro atoms. The van der Waals surface area contributed by atoms with Crippen molar-refractivity contribution in [2.45, 2.75) is 41.5 Å². The Morgan fingerprint density at radius 2 is 1.46 bits per heavy atom. The van der Waals surface area contributed by atoms with E-state index in [0.717, 1.165) is 22.3 Å². The van der Waals surface area contributed by atoms with Crippen LogP contribution in [0.4, 0.5) is 0 Å². The number of ether oxygens (including phenoxy) is 1. The fourth-order valence-electron chi connectivity index (χ4n) is 2.83. The van der Waals surface area contributed by atoms with E-state index in [1.54, 1.807) is 39.5 Å². The number of nitrogens with zero attached hydrogens (tertiary/aromatic N) is 2. The minimum atomic E-state index is -0.652.